The van der Waals surface area contributed by atoms with Gasteiger partial charge in [-0.25, -0.2) is 0 Å². The van der Waals surface area contributed by atoms with Crippen LogP contribution in [0, 0.1) is 29.6 Å². The first-order valence-corrected chi connectivity index (χ1v) is 11.9. The van der Waals surface area contributed by atoms with Crippen molar-refractivity contribution in [1.29, 1.82) is 0 Å². The van der Waals surface area contributed by atoms with E-state index in [1.54, 1.807) is 0 Å². The summed E-state index contributed by atoms with van der Waals surface area (Å²) < 4.78 is 6.24. The normalized spacial score (nSPS) is 40.1. The molecule has 0 aromatic rings. The predicted octanol–water partition coefficient (Wildman–Crippen LogP) is 7.38. The van der Waals surface area contributed by atoms with Crippen LogP contribution in [0.2, 0.25) is 0 Å². The molecular formula is C24H44O. The first-order valence-electron chi connectivity index (χ1n) is 11.9. The van der Waals surface area contributed by atoms with E-state index in [0.717, 1.165) is 36.2 Å². The van der Waals surface area contributed by atoms with Crippen LogP contribution in [-0.2, 0) is 4.74 Å². The van der Waals surface area contributed by atoms with Gasteiger partial charge in [0.2, 0.25) is 0 Å². The van der Waals surface area contributed by atoms with Gasteiger partial charge in [0.15, 0.2) is 0 Å². The summed E-state index contributed by atoms with van der Waals surface area (Å²) in [5, 5.41) is 0. The van der Waals surface area contributed by atoms with Crippen LogP contribution < -0.4 is 0 Å². The van der Waals surface area contributed by atoms with Gasteiger partial charge in [-0.3, -0.25) is 0 Å². The molecule has 146 valence electrons. The van der Waals surface area contributed by atoms with Gasteiger partial charge in [0, 0.05) is 6.61 Å². The molecule has 3 rings (SSSR count). The van der Waals surface area contributed by atoms with E-state index in [1.807, 2.05) is 0 Å². The molecule has 1 heterocycles. The molecule has 0 N–H and O–H groups in total. The number of rotatable bonds is 7. The summed E-state index contributed by atoms with van der Waals surface area (Å²) in [6.07, 6.45) is 22.6. The van der Waals surface area contributed by atoms with Crippen LogP contribution in [0.5, 0.6) is 0 Å². The fraction of sp³-hybridized carbons (Fsp3) is 1.00. The second kappa shape index (κ2) is 10.3. The fourth-order valence-electron chi connectivity index (χ4n) is 6.06. The third-order valence-electron chi connectivity index (χ3n) is 8.05. The highest BCUT2D eigenvalue weighted by atomic mass is 16.5. The number of hydrogen-bond acceptors (Lipinski definition) is 1. The third kappa shape index (κ3) is 5.98. The van der Waals surface area contributed by atoms with Crippen LogP contribution in [0.1, 0.15) is 110 Å². The quantitative estimate of drug-likeness (QED) is 0.466. The van der Waals surface area contributed by atoms with Gasteiger partial charge < -0.3 is 4.74 Å². The summed E-state index contributed by atoms with van der Waals surface area (Å²) in [4.78, 5) is 0. The van der Waals surface area contributed by atoms with E-state index in [-0.39, 0.29) is 0 Å². The molecule has 0 aromatic heterocycles. The van der Waals surface area contributed by atoms with Crippen molar-refractivity contribution < 1.29 is 4.74 Å². The molecule has 3 aliphatic rings. The van der Waals surface area contributed by atoms with Crippen molar-refractivity contribution in [1.82, 2.24) is 0 Å². The number of ether oxygens (including phenoxy) is 1. The summed E-state index contributed by atoms with van der Waals surface area (Å²) >= 11 is 0. The number of hydrogen-bond donors (Lipinski definition) is 0. The molecule has 2 unspecified atom stereocenters. The minimum Gasteiger partial charge on any atom is -0.378 e. The Balaban J connectivity index is 1.28. The maximum atomic E-state index is 6.24. The first kappa shape index (κ1) is 19.7. The van der Waals surface area contributed by atoms with Gasteiger partial charge in [-0.05, 0) is 55.3 Å². The van der Waals surface area contributed by atoms with Gasteiger partial charge in [-0.1, -0.05) is 84.5 Å². The Kier molecular flexibility index (Phi) is 8.15. The van der Waals surface area contributed by atoms with E-state index < -0.39 is 0 Å². The topological polar surface area (TPSA) is 9.23 Å². The third-order valence-corrected chi connectivity index (χ3v) is 8.05. The van der Waals surface area contributed by atoms with Gasteiger partial charge in [0.1, 0.15) is 0 Å². The molecule has 0 amide bonds. The molecular weight excluding hydrogens is 304 g/mol. The molecule has 2 atom stereocenters. The lowest BCUT2D eigenvalue weighted by Crippen LogP contribution is -2.34. The Labute approximate surface area is 157 Å². The lowest BCUT2D eigenvalue weighted by atomic mass is 9.73. The Bertz CT molecular complexity index is 341. The van der Waals surface area contributed by atoms with Gasteiger partial charge >= 0.3 is 0 Å². The molecule has 1 nitrogen and oxygen atoms in total. The summed E-state index contributed by atoms with van der Waals surface area (Å²) in [7, 11) is 0. The predicted molar refractivity (Wildman–Crippen MR) is 108 cm³/mol. The van der Waals surface area contributed by atoms with Crippen LogP contribution in [0.4, 0.5) is 0 Å². The van der Waals surface area contributed by atoms with Crippen LogP contribution >= 0.6 is 0 Å². The first-order chi connectivity index (χ1) is 12.3. The zero-order valence-corrected chi connectivity index (χ0v) is 17.2. The Morgan fingerprint density at radius 1 is 0.600 bits per heavy atom. The minimum absolute atomic E-state index is 0.609. The lowest BCUT2D eigenvalue weighted by Gasteiger charge is -2.38. The summed E-state index contributed by atoms with van der Waals surface area (Å²) in [6, 6.07) is 0. The van der Waals surface area contributed by atoms with Crippen molar-refractivity contribution >= 4 is 0 Å². The highest BCUT2D eigenvalue weighted by Gasteiger charge is 2.31. The Morgan fingerprint density at radius 2 is 1.12 bits per heavy atom. The second-order valence-electron chi connectivity index (χ2n) is 9.76. The minimum atomic E-state index is 0.609. The molecule has 1 aliphatic heterocycles. The average Bonchev–Trinajstić information content (AvgIpc) is 2.68. The molecule has 2 saturated carbocycles. The molecule has 0 bridgehead atoms. The van der Waals surface area contributed by atoms with Gasteiger partial charge in [-0.15, -0.1) is 0 Å². The zero-order chi connectivity index (χ0) is 17.5. The van der Waals surface area contributed by atoms with Gasteiger partial charge in [0.25, 0.3) is 0 Å². The Morgan fingerprint density at radius 3 is 1.60 bits per heavy atom. The van der Waals surface area contributed by atoms with E-state index in [2.05, 4.69) is 13.8 Å². The molecule has 0 radical (unpaired) electrons. The van der Waals surface area contributed by atoms with E-state index in [9.17, 15) is 0 Å². The maximum Gasteiger partial charge on any atom is 0.0603 e. The van der Waals surface area contributed by atoms with Gasteiger partial charge in [-0.2, -0.15) is 0 Å². The van der Waals surface area contributed by atoms with Crippen LogP contribution in [0.3, 0.4) is 0 Å². The molecule has 2 aliphatic carbocycles. The highest BCUT2D eigenvalue weighted by Crippen LogP contribution is 2.40. The van der Waals surface area contributed by atoms with Crippen molar-refractivity contribution in [3.8, 4) is 0 Å². The molecule has 3 fully saturated rings. The highest BCUT2D eigenvalue weighted by molar-refractivity contribution is 4.82. The fourth-order valence-corrected chi connectivity index (χ4v) is 6.06. The van der Waals surface area contributed by atoms with Crippen molar-refractivity contribution in [3.05, 3.63) is 0 Å². The summed E-state index contributed by atoms with van der Waals surface area (Å²) in [5.74, 6) is 4.91. The van der Waals surface area contributed by atoms with Crippen molar-refractivity contribution in [2.75, 3.05) is 6.61 Å². The molecule has 1 saturated heterocycles. The SMILES string of the molecule is CCCC1CCC(CCC2CCC(C3CCC(CC)CO3)CC2)CC1. The average molecular weight is 349 g/mol. The largest absolute Gasteiger partial charge is 0.378 e. The molecule has 0 spiro atoms. The zero-order valence-electron chi connectivity index (χ0n) is 17.2. The molecule has 25 heavy (non-hydrogen) atoms. The lowest BCUT2D eigenvalue weighted by molar-refractivity contribution is -0.0588. The molecule has 1 heteroatoms. The standard InChI is InChI=1S/C24H44O/c1-3-5-20-6-8-21(9-7-20)10-11-22-12-15-23(16-13-22)24-17-14-19(4-2)18-25-24/h19-24H,3-18H2,1-2H3. The van der Waals surface area contributed by atoms with E-state index in [0.29, 0.717) is 6.10 Å². The van der Waals surface area contributed by atoms with E-state index in [4.69, 9.17) is 4.74 Å². The molecule has 0 aromatic carbocycles. The smallest absolute Gasteiger partial charge is 0.0603 e. The maximum absolute atomic E-state index is 6.24. The van der Waals surface area contributed by atoms with Crippen molar-refractivity contribution in [2.45, 2.75) is 116 Å². The monoisotopic (exact) mass is 348 g/mol. The van der Waals surface area contributed by atoms with Crippen LogP contribution in [0.25, 0.3) is 0 Å². The van der Waals surface area contributed by atoms with E-state index in [1.165, 1.54) is 96.3 Å². The van der Waals surface area contributed by atoms with E-state index >= 15 is 0 Å². The summed E-state index contributed by atoms with van der Waals surface area (Å²) in [6.45, 7) is 5.71. The Hall–Kier alpha value is -0.0400. The van der Waals surface area contributed by atoms with Crippen molar-refractivity contribution in [3.63, 3.8) is 0 Å². The van der Waals surface area contributed by atoms with Crippen LogP contribution in [-0.4, -0.2) is 12.7 Å². The van der Waals surface area contributed by atoms with Crippen molar-refractivity contribution in [2.24, 2.45) is 29.6 Å². The van der Waals surface area contributed by atoms with Gasteiger partial charge in [0.05, 0.1) is 6.10 Å². The summed E-state index contributed by atoms with van der Waals surface area (Å²) in [5.41, 5.74) is 0. The van der Waals surface area contributed by atoms with Crippen LogP contribution in [0.15, 0.2) is 0 Å². The second-order valence-corrected chi connectivity index (χ2v) is 9.76.